The largest absolute Gasteiger partial charge is 0.302 e. The molecule has 1 saturated heterocycles. The maximum atomic E-state index is 3.59. The number of nitrogens with zero attached hydrogens (tertiary/aromatic N) is 1. The summed E-state index contributed by atoms with van der Waals surface area (Å²) in [5.41, 5.74) is 1.40. The van der Waals surface area contributed by atoms with Gasteiger partial charge in [-0.3, -0.25) is 4.90 Å². The average molecular weight is 255 g/mol. The van der Waals surface area contributed by atoms with E-state index in [4.69, 9.17) is 0 Å². The normalized spacial score (nSPS) is 23.6. The summed E-state index contributed by atoms with van der Waals surface area (Å²) in [5.74, 6) is 0. The molecule has 1 atom stereocenters. The lowest BCUT2D eigenvalue weighted by Gasteiger charge is -2.30. The van der Waals surface area contributed by atoms with Crippen molar-refractivity contribution in [3.63, 3.8) is 0 Å². The molecule has 0 spiro atoms. The number of hydrogen-bond donors (Lipinski definition) is 1. The molecule has 2 nitrogen and oxygen atoms in total. The molecule has 0 amide bonds. The van der Waals surface area contributed by atoms with Crippen LogP contribution in [0.25, 0.3) is 0 Å². The third-order valence-electron chi connectivity index (χ3n) is 2.46. The summed E-state index contributed by atoms with van der Waals surface area (Å²) in [6, 6.07) is 10.6. The Morgan fingerprint density at radius 1 is 1.36 bits per heavy atom. The number of hydrogen-bond acceptors (Lipinski definition) is 2. The van der Waals surface area contributed by atoms with E-state index in [9.17, 15) is 0 Å². The first-order chi connectivity index (χ1) is 6.84. The lowest BCUT2D eigenvalue weighted by molar-refractivity contribution is 0.225. The Hall–Kier alpha value is -0.380. The van der Waals surface area contributed by atoms with Crippen molar-refractivity contribution in [2.24, 2.45) is 0 Å². The quantitative estimate of drug-likeness (QED) is 0.640. The number of nitrogens with one attached hydrogen (secondary N) is 1. The number of piperazine rings is 1. The first kappa shape index (κ1) is 10.1. The van der Waals surface area contributed by atoms with Gasteiger partial charge in [0, 0.05) is 26.2 Å². The van der Waals surface area contributed by atoms with E-state index in [1.807, 2.05) is 0 Å². The fraction of sp³-hybridized carbons (Fsp3) is 0.455. The Bertz CT molecular complexity index is 276. The van der Waals surface area contributed by atoms with Crippen LogP contribution < -0.4 is 5.32 Å². The molecule has 14 heavy (non-hydrogen) atoms. The Balaban J connectivity index is 1.91. The maximum absolute atomic E-state index is 3.59. The van der Waals surface area contributed by atoms with Gasteiger partial charge in [0.25, 0.3) is 0 Å². The molecule has 76 valence electrons. The van der Waals surface area contributed by atoms with Crippen molar-refractivity contribution in [3.8, 4) is 0 Å². The highest BCUT2D eigenvalue weighted by molar-refractivity contribution is 9.09. The van der Waals surface area contributed by atoms with Crippen LogP contribution in [0, 0.1) is 0 Å². The molecule has 0 bridgehead atoms. The van der Waals surface area contributed by atoms with E-state index in [-0.39, 0.29) is 0 Å². The van der Waals surface area contributed by atoms with E-state index in [1.54, 1.807) is 0 Å². The predicted octanol–water partition coefficient (Wildman–Crippen LogP) is 1.81. The molecule has 0 aliphatic carbocycles. The van der Waals surface area contributed by atoms with Crippen LogP contribution in [0.1, 0.15) is 5.56 Å². The zero-order valence-corrected chi connectivity index (χ0v) is 9.70. The molecule has 1 fully saturated rings. The Labute approximate surface area is 93.4 Å². The molecule has 1 unspecified atom stereocenters. The van der Waals surface area contributed by atoms with E-state index >= 15 is 0 Å². The predicted molar refractivity (Wildman–Crippen MR) is 62.4 cm³/mol. The highest BCUT2D eigenvalue weighted by atomic mass is 79.9. The SMILES string of the molecule is BrC1CN(Cc2ccccc2)CCN1. The van der Waals surface area contributed by atoms with Gasteiger partial charge in [-0.05, 0) is 5.56 Å². The van der Waals surface area contributed by atoms with Gasteiger partial charge in [0.1, 0.15) is 0 Å². The highest BCUT2D eigenvalue weighted by Crippen LogP contribution is 2.09. The standard InChI is InChI=1S/C11H15BrN2/c12-11-9-14(7-6-13-11)8-10-4-2-1-3-5-10/h1-5,11,13H,6-9H2. The summed E-state index contributed by atoms with van der Waals surface area (Å²) in [6.07, 6.45) is 0. The zero-order chi connectivity index (χ0) is 9.80. The smallest absolute Gasteiger partial charge is 0.0760 e. The van der Waals surface area contributed by atoms with E-state index in [1.165, 1.54) is 5.56 Å². The van der Waals surface area contributed by atoms with Crippen LogP contribution in [-0.2, 0) is 6.54 Å². The van der Waals surface area contributed by atoms with Gasteiger partial charge in [0.2, 0.25) is 0 Å². The first-order valence-corrected chi connectivity index (χ1v) is 5.90. The molecule has 1 heterocycles. The second-order valence-corrected chi connectivity index (χ2v) is 4.75. The van der Waals surface area contributed by atoms with Crippen molar-refractivity contribution >= 4 is 15.9 Å². The van der Waals surface area contributed by atoms with Crippen LogP contribution >= 0.6 is 15.9 Å². The number of halogens is 1. The second kappa shape index (κ2) is 4.91. The average Bonchev–Trinajstić information content (AvgIpc) is 2.19. The second-order valence-electron chi connectivity index (χ2n) is 3.64. The van der Waals surface area contributed by atoms with E-state index in [0.29, 0.717) is 4.95 Å². The minimum absolute atomic E-state index is 0.444. The molecule has 1 aromatic carbocycles. The molecule has 2 rings (SSSR count). The van der Waals surface area contributed by atoms with Gasteiger partial charge >= 0.3 is 0 Å². The van der Waals surface area contributed by atoms with E-state index in [0.717, 1.165) is 26.2 Å². The van der Waals surface area contributed by atoms with Gasteiger partial charge in [-0.15, -0.1) is 0 Å². The first-order valence-electron chi connectivity index (χ1n) is 4.98. The van der Waals surface area contributed by atoms with Gasteiger partial charge < -0.3 is 5.32 Å². The van der Waals surface area contributed by atoms with Crippen LogP contribution in [-0.4, -0.2) is 29.5 Å². The highest BCUT2D eigenvalue weighted by Gasteiger charge is 2.16. The molecule has 0 saturated carbocycles. The lowest BCUT2D eigenvalue weighted by Crippen LogP contribution is -2.47. The summed E-state index contributed by atoms with van der Waals surface area (Å²) >= 11 is 3.59. The molecule has 1 aliphatic heterocycles. The summed E-state index contributed by atoms with van der Waals surface area (Å²) in [7, 11) is 0. The van der Waals surface area contributed by atoms with E-state index in [2.05, 4.69) is 56.5 Å². The van der Waals surface area contributed by atoms with Crippen LogP contribution in [0.2, 0.25) is 0 Å². The number of benzene rings is 1. The Kier molecular flexibility index (Phi) is 3.56. The van der Waals surface area contributed by atoms with Crippen molar-refractivity contribution in [2.75, 3.05) is 19.6 Å². The van der Waals surface area contributed by atoms with Crippen LogP contribution in [0.4, 0.5) is 0 Å². The van der Waals surface area contributed by atoms with Crippen molar-refractivity contribution in [1.82, 2.24) is 10.2 Å². The van der Waals surface area contributed by atoms with E-state index < -0.39 is 0 Å². The summed E-state index contributed by atoms with van der Waals surface area (Å²) in [6.45, 7) is 4.35. The van der Waals surface area contributed by atoms with Crippen LogP contribution in [0.15, 0.2) is 30.3 Å². The molecule has 3 heteroatoms. The summed E-state index contributed by atoms with van der Waals surface area (Å²) < 4.78 is 0. The van der Waals surface area contributed by atoms with Crippen molar-refractivity contribution in [1.29, 1.82) is 0 Å². The number of rotatable bonds is 2. The minimum atomic E-state index is 0.444. The third-order valence-corrected chi connectivity index (χ3v) is 3.07. The van der Waals surface area contributed by atoms with Crippen LogP contribution in [0.3, 0.4) is 0 Å². The molecule has 0 aromatic heterocycles. The van der Waals surface area contributed by atoms with Crippen molar-refractivity contribution < 1.29 is 0 Å². The van der Waals surface area contributed by atoms with Gasteiger partial charge in [-0.1, -0.05) is 46.3 Å². The maximum Gasteiger partial charge on any atom is 0.0760 e. The lowest BCUT2D eigenvalue weighted by atomic mass is 10.2. The molecular formula is C11H15BrN2. The van der Waals surface area contributed by atoms with Gasteiger partial charge in [0.05, 0.1) is 4.95 Å². The monoisotopic (exact) mass is 254 g/mol. The molecular weight excluding hydrogens is 240 g/mol. The summed E-state index contributed by atoms with van der Waals surface area (Å²) in [4.78, 5) is 2.91. The Morgan fingerprint density at radius 3 is 2.86 bits per heavy atom. The molecule has 1 aromatic rings. The third kappa shape index (κ3) is 2.80. The molecule has 0 radical (unpaired) electrons. The molecule has 1 aliphatic rings. The molecule has 1 N–H and O–H groups in total. The number of alkyl halides is 1. The van der Waals surface area contributed by atoms with Crippen molar-refractivity contribution in [3.05, 3.63) is 35.9 Å². The fourth-order valence-corrected chi connectivity index (χ4v) is 2.39. The van der Waals surface area contributed by atoms with Gasteiger partial charge in [-0.2, -0.15) is 0 Å². The summed E-state index contributed by atoms with van der Waals surface area (Å²) in [5, 5.41) is 3.37. The Morgan fingerprint density at radius 2 is 2.14 bits per heavy atom. The minimum Gasteiger partial charge on any atom is -0.302 e. The van der Waals surface area contributed by atoms with Crippen molar-refractivity contribution in [2.45, 2.75) is 11.5 Å². The zero-order valence-electron chi connectivity index (χ0n) is 8.12. The van der Waals surface area contributed by atoms with Gasteiger partial charge in [-0.25, -0.2) is 0 Å². The fourth-order valence-electron chi connectivity index (χ4n) is 1.75. The van der Waals surface area contributed by atoms with Gasteiger partial charge in [0.15, 0.2) is 0 Å². The van der Waals surface area contributed by atoms with Crippen LogP contribution in [0.5, 0.6) is 0 Å². The topological polar surface area (TPSA) is 15.3 Å².